The molecular formula is C20H21FN3O2S+. The zero-order chi connectivity index (χ0) is 18.6. The quantitative estimate of drug-likeness (QED) is 0.703. The van der Waals surface area contributed by atoms with E-state index in [1.165, 1.54) is 28.4 Å². The van der Waals surface area contributed by atoms with E-state index in [0.29, 0.717) is 25.3 Å². The van der Waals surface area contributed by atoms with Crippen LogP contribution in [0.25, 0.3) is 10.2 Å². The monoisotopic (exact) mass is 386 g/mol. The minimum Gasteiger partial charge on any atom is -0.370 e. The Morgan fingerprint density at radius 3 is 2.78 bits per heavy atom. The van der Waals surface area contributed by atoms with Gasteiger partial charge in [0.15, 0.2) is 0 Å². The van der Waals surface area contributed by atoms with Gasteiger partial charge in [0.1, 0.15) is 24.9 Å². The summed E-state index contributed by atoms with van der Waals surface area (Å²) in [4.78, 5) is 18.2. The van der Waals surface area contributed by atoms with Gasteiger partial charge in [-0.15, -0.1) is 11.3 Å². The fraction of sp³-hybridized carbons (Fsp3) is 0.300. The van der Waals surface area contributed by atoms with Crippen LogP contribution in [-0.4, -0.2) is 43.7 Å². The van der Waals surface area contributed by atoms with E-state index in [4.69, 9.17) is 4.74 Å². The maximum atomic E-state index is 13.3. The van der Waals surface area contributed by atoms with E-state index in [9.17, 15) is 9.18 Å². The predicted molar refractivity (Wildman–Crippen MR) is 103 cm³/mol. The van der Waals surface area contributed by atoms with Crippen molar-refractivity contribution in [2.75, 3.05) is 32.8 Å². The topological polar surface area (TPSA) is 55.7 Å². The second-order valence-electron chi connectivity index (χ2n) is 6.62. The maximum Gasteiger partial charge on any atom is 0.251 e. The number of thiazole rings is 1. The smallest absolute Gasteiger partial charge is 0.251 e. The summed E-state index contributed by atoms with van der Waals surface area (Å²) in [6, 6.07) is 12.2. The van der Waals surface area contributed by atoms with Crippen molar-refractivity contribution >= 4 is 27.5 Å². The van der Waals surface area contributed by atoms with Gasteiger partial charge in [-0.2, -0.15) is 0 Å². The molecule has 5 nitrogen and oxygen atoms in total. The lowest BCUT2D eigenvalue weighted by molar-refractivity contribution is -0.937. The largest absolute Gasteiger partial charge is 0.370 e. The van der Waals surface area contributed by atoms with Crippen molar-refractivity contribution in [2.45, 2.75) is 6.04 Å². The minimum atomic E-state index is -0.253. The summed E-state index contributed by atoms with van der Waals surface area (Å²) in [6.07, 6.45) is 0. The zero-order valence-corrected chi connectivity index (χ0v) is 15.6. The Balaban J connectivity index is 1.50. The van der Waals surface area contributed by atoms with Crippen molar-refractivity contribution in [3.63, 3.8) is 0 Å². The molecule has 140 valence electrons. The molecule has 1 amide bonds. The molecule has 1 aromatic heterocycles. The van der Waals surface area contributed by atoms with Gasteiger partial charge in [0.05, 0.1) is 35.5 Å². The minimum absolute atomic E-state index is 0.0607. The number of halogens is 1. The number of nitrogens with one attached hydrogen (secondary N) is 2. The lowest BCUT2D eigenvalue weighted by atomic mass is 10.0. The molecule has 27 heavy (non-hydrogen) atoms. The standard InChI is InChI=1S/C20H20FN3O2S/c21-16-4-1-14(2-5-16)18(24-7-9-26-10-8-24)12-22-20(25)15-3-6-17-19(11-15)27-13-23-17/h1-6,11,13,18H,7-10,12H2,(H,22,25)/p+1/t18-/m1/s1. The third kappa shape index (κ3) is 4.16. The van der Waals surface area contributed by atoms with Crippen LogP contribution in [0.15, 0.2) is 48.0 Å². The highest BCUT2D eigenvalue weighted by Crippen LogP contribution is 2.19. The molecule has 1 aliphatic rings. The summed E-state index contributed by atoms with van der Waals surface area (Å²) >= 11 is 1.52. The number of benzene rings is 2. The van der Waals surface area contributed by atoms with Crippen LogP contribution in [0.4, 0.5) is 4.39 Å². The summed E-state index contributed by atoms with van der Waals surface area (Å²) < 4.78 is 19.8. The molecule has 3 aromatic rings. The number of fused-ring (bicyclic) bond motifs is 1. The third-order valence-corrected chi connectivity index (χ3v) is 5.75. The lowest BCUT2D eigenvalue weighted by Crippen LogP contribution is -3.15. The Morgan fingerprint density at radius 2 is 2.00 bits per heavy atom. The van der Waals surface area contributed by atoms with Crippen molar-refractivity contribution < 1.29 is 18.8 Å². The first-order valence-electron chi connectivity index (χ1n) is 9.00. The summed E-state index contributed by atoms with van der Waals surface area (Å²) in [5.41, 5.74) is 4.32. The van der Waals surface area contributed by atoms with E-state index in [2.05, 4.69) is 10.3 Å². The van der Waals surface area contributed by atoms with Gasteiger partial charge < -0.3 is 15.0 Å². The second-order valence-corrected chi connectivity index (χ2v) is 7.51. The van der Waals surface area contributed by atoms with E-state index in [1.54, 1.807) is 23.7 Å². The van der Waals surface area contributed by atoms with E-state index in [0.717, 1.165) is 28.9 Å². The van der Waals surface area contributed by atoms with Gasteiger partial charge in [-0.3, -0.25) is 4.79 Å². The Bertz CT molecular complexity index is 922. The SMILES string of the molecule is O=C(NC[C@H](c1ccc(F)cc1)[NH+]1CCOCC1)c1ccc2ncsc2c1. The molecule has 2 N–H and O–H groups in total. The molecule has 1 fully saturated rings. The van der Waals surface area contributed by atoms with Crippen LogP contribution >= 0.6 is 11.3 Å². The lowest BCUT2D eigenvalue weighted by Gasteiger charge is -2.32. The third-order valence-electron chi connectivity index (χ3n) is 4.96. The number of carbonyl (C=O) groups is 1. The summed E-state index contributed by atoms with van der Waals surface area (Å²) in [5, 5.41) is 3.06. The number of hydrogen-bond donors (Lipinski definition) is 2. The van der Waals surface area contributed by atoms with Crippen molar-refractivity contribution in [1.82, 2.24) is 10.3 Å². The maximum absolute atomic E-state index is 13.3. The predicted octanol–water partition coefficient (Wildman–Crippen LogP) is 1.82. The van der Waals surface area contributed by atoms with Crippen molar-refractivity contribution in [3.05, 3.63) is 64.9 Å². The van der Waals surface area contributed by atoms with Crippen molar-refractivity contribution in [2.24, 2.45) is 0 Å². The molecule has 2 aromatic carbocycles. The van der Waals surface area contributed by atoms with Crippen LogP contribution in [-0.2, 0) is 4.74 Å². The first-order chi connectivity index (χ1) is 13.2. The van der Waals surface area contributed by atoms with Crippen molar-refractivity contribution in [1.29, 1.82) is 0 Å². The number of rotatable bonds is 5. The van der Waals surface area contributed by atoms with Gasteiger partial charge in [-0.05, 0) is 30.3 Å². The Morgan fingerprint density at radius 1 is 1.22 bits per heavy atom. The molecular weight excluding hydrogens is 365 g/mol. The summed E-state index contributed by atoms with van der Waals surface area (Å²) in [6.45, 7) is 3.61. The molecule has 0 bridgehead atoms. The second kappa shape index (κ2) is 8.12. The molecule has 1 atom stereocenters. The zero-order valence-electron chi connectivity index (χ0n) is 14.8. The average molecular weight is 386 g/mol. The van der Waals surface area contributed by atoms with E-state index in [1.807, 2.05) is 12.1 Å². The Kier molecular flexibility index (Phi) is 5.42. The molecule has 0 aliphatic carbocycles. The summed E-state index contributed by atoms with van der Waals surface area (Å²) in [5.74, 6) is -0.360. The van der Waals surface area contributed by atoms with E-state index in [-0.39, 0.29) is 17.8 Å². The van der Waals surface area contributed by atoms with Crippen LogP contribution in [0, 0.1) is 5.82 Å². The Labute approximate surface area is 160 Å². The Hall–Kier alpha value is -2.35. The number of nitrogens with zero attached hydrogens (tertiary/aromatic N) is 1. The molecule has 7 heteroatoms. The van der Waals surface area contributed by atoms with Crippen LogP contribution < -0.4 is 10.2 Å². The normalized spacial score (nSPS) is 16.3. The number of hydrogen-bond acceptors (Lipinski definition) is 4. The number of ether oxygens (including phenoxy) is 1. The first-order valence-corrected chi connectivity index (χ1v) is 9.88. The van der Waals surface area contributed by atoms with Crippen LogP contribution in [0.1, 0.15) is 22.0 Å². The fourth-order valence-electron chi connectivity index (χ4n) is 3.47. The van der Waals surface area contributed by atoms with Crippen molar-refractivity contribution in [3.8, 4) is 0 Å². The highest BCUT2D eigenvalue weighted by molar-refractivity contribution is 7.16. The van der Waals surface area contributed by atoms with Gasteiger partial charge in [0.25, 0.3) is 5.91 Å². The summed E-state index contributed by atoms with van der Waals surface area (Å²) in [7, 11) is 0. The van der Waals surface area contributed by atoms with Gasteiger partial charge in [0.2, 0.25) is 0 Å². The molecule has 1 aliphatic heterocycles. The first kappa shape index (κ1) is 18.0. The number of morpholine rings is 1. The average Bonchev–Trinajstić information content (AvgIpc) is 3.18. The van der Waals surface area contributed by atoms with Gasteiger partial charge in [0, 0.05) is 11.1 Å². The van der Waals surface area contributed by atoms with E-state index >= 15 is 0 Å². The van der Waals surface area contributed by atoms with Gasteiger partial charge in [-0.25, -0.2) is 9.37 Å². The number of quaternary nitrogens is 1. The van der Waals surface area contributed by atoms with Crippen LogP contribution in [0.2, 0.25) is 0 Å². The number of aromatic nitrogens is 1. The van der Waals surface area contributed by atoms with Crippen LogP contribution in [0.3, 0.4) is 0 Å². The van der Waals surface area contributed by atoms with Gasteiger partial charge >= 0.3 is 0 Å². The molecule has 0 unspecified atom stereocenters. The molecule has 0 radical (unpaired) electrons. The van der Waals surface area contributed by atoms with Gasteiger partial charge in [-0.1, -0.05) is 12.1 Å². The molecule has 0 spiro atoms. The fourth-order valence-corrected chi connectivity index (χ4v) is 4.18. The highest BCUT2D eigenvalue weighted by Gasteiger charge is 2.27. The van der Waals surface area contributed by atoms with E-state index < -0.39 is 0 Å². The van der Waals surface area contributed by atoms with Crippen LogP contribution in [0.5, 0.6) is 0 Å². The molecule has 2 heterocycles. The number of carbonyl (C=O) groups excluding carboxylic acids is 1. The molecule has 1 saturated heterocycles. The molecule has 0 saturated carbocycles. The highest BCUT2D eigenvalue weighted by atomic mass is 32.1. The number of amides is 1. The molecule has 4 rings (SSSR count).